The van der Waals surface area contributed by atoms with E-state index in [1.165, 1.54) is 0 Å². The van der Waals surface area contributed by atoms with E-state index >= 15 is 0 Å². The topological polar surface area (TPSA) is 18.5 Å². The number of hydrogen-bond acceptors (Lipinski definition) is 2. The zero-order chi connectivity index (χ0) is 8.23. The van der Waals surface area contributed by atoms with E-state index in [1.807, 2.05) is 24.3 Å². The van der Waals surface area contributed by atoms with Gasteiger partial charge < -0.3 is 26.5 Å². The molecule has 1 saturated heterocycles. The van der Waals surface area contributed by atoms with Gasteiger partial charge in [0.15, 0.2) is 6.29 Å². The molecule has 2 nitrogen and oxygen atoms in total. The van der Waals surface area contributed by atoms with Crippen LogP contribution in [0, 0.1) is 6.07 Å². The first-order valence-corrected chi connectivity index (χ1v) is 4.16. The van der Waals surface area contributed by atoms with Gasteiger partial charge in [-0.1, -0.05) is 0 Å². The first-order valence-electron chi connectivity index (χ1n) is 4.16. The van der Waals surface area contributed by atoms with Gasteiger partial charge in [-0.05, 0) is 6.42 Å². The molecule has 0 atom stereocenters. The van der Waals surface area contributed by atoms with Crippen molar-refractivity contribution in [2.45, 2.75) is 12.7 Å². The van der Waals surface area contributed by atoms with Gasteiger partial charge in [-0.3, -0.25) is 0 Å². The Balaban J connectivity index is 0.000000845. The third kappa shape index (κ3) is 3.86. The number of hydrogen-bond donors (Lipinski definition) is 0. The summed E-state index contributed by atoms with van der Waals surface area (Å²) in [5.41, 5.74) is 1.08. The molecule has 4 heteroatoms. The molecule has 0 saturated carbocycles. The van der Waals surface area contributed by atoms with E-state index in [2.05, 4.69) is 6.07 Å². The summed E-state index contributed by atoms with van der Waals surface area (Å²) in [7, 11) is 0. The van der Waals surface area contributed by atoms with Crippen LogP contribution in [0.2, 0.25) is 0 Å². The van der Waals surface area contributed by atoms with Crippen molar-refractivity contribution >= 4 is 23.1 Å². The molecule has 0 amide bonds. The molecule has 2 rings (SSSR count). The fourth-order valence-corrected chi connectivity index (χ4v) is 1.24. The van der Waals surface area contributed by atoms with Crippen LogP contribution in [0.3, 0.4) is 0 Å². The summed E-state index contributed by atoms with van der Waals surface area (Å²) in [6, 6.07) is 10.6. The van der Waals surface area contributed by atoms with E-state index in [1.54, 1.807) is 0 Å². The number of rotatable bonds is 1. The summed E-state index contributed by atoms with van der Waals surface area (Å²) in [6.07, 6.45) is 0.837. The second-order valence-corrected chi connectivity index (χ2v) is 2.76. The van der Waals surface area contributed by atoms with Gasteiger partial charge in [0.25, 0.3) is 0 Å². The third-order valence-corrected chi connectivity index (χ3v) is 1.84. The first-order chi connectivity index (χ1) is 5.97. The molecule has 1 aromatic carbocycles. The smallest absolute Gasteiger partial charge is 1.00 e. The quantitative estimate of drug-likeness (QED) is 0.458. The van der Waals surface area contributed by atoms with Gasteiger partial charge in [-0.25, -0.2) is 0 Å². The summed E-state index contributed by atoms with van der Waals surface area (Å²) < 4.78 is 10.9. The predicted molar refractivity (Wildman–Crippen MR) is 50.3 cm³/mol. The minimum Gasteiger partial charge on any atom is -1.00 e. The Bertz CT molecular complexity index is 237. The Morgan fingerprint density at radius 2 is 1.71 bits per heavy atom. The average Bonchev–Trinajstić information content (AvgIpc) is 2.21. The maximum Gasteiger partial charge on any atom is 2.00 e. The van der Waals surface area contributed by atoms with E-state index in [-0.39, 0.29) is 46.3 Å². The molecular weight excluding hydrogens is 256 g/mol. The second-order valence-electron chi connectivity index (χ2n) is 2.76. The van der Waals surface area contributed by atoms with Crippen molar-refractivity contribution in [3.63, 3.8) is 0 Å². The maximum atomic E-state index is 5.43. The molecule has 0 bridgehead atoms. The van der Waals surface area contributed by atoms with Crippen molar-refractivity contribution in [3.8, 4) is 0 Å². The Hall–Kier alpha value is 0.386. The van der Waals surface area contributed by atoms with Crippen LogP contribution in [-0.4, -0.2) is 36.3 Å². The van der Waals surface area contributed by atoms with Gasteiger partial charge in [0.05, 0.1) is 13.2 Å². The normalized spacial score (nSPS) is 16.6. The molecule has 1 aromatic rings. The van der Waals surface area contributed by atoms with Crippen molar-refractivity contribution in [3.05, 3.63) is 35.9 Å². The molecule has 1 fully saturated rings. The van der Waals surface area contributed by atoms with Crippen LogP contribution in [0.25, 0.3) is 0 Å². The number of benzene rings is 1. The molecular formula is C10H11BrMgO2. The van der Waals surface area contributed by atoms with Gasteiger partial charge in [-0.2, -0.15) is 30.3 Å². The van der Waals surface area contributed by atoms with E-state index < -0.39 is 0 Å². The Labute approximate surface area is 111 Å². The van der Waals surface area contributed by atoms with Gasteiger partial charge in [0.2, 0.25) is 0 Å². The number of ether oxygens (including phenoxy) is 2. The van der Waals surface area contributed by atoms with Gasteiger partial charge in [-0.15, -0.1) is 5.56 Å². The molecule has 0 spiro atoms. The van der Waals surface area contributed by atoms with Gasteiger partial charge in [0.1, 0.15) is 0 Å². The fraction of sp³-hybridized carbons (Fsp3) is 0.400. The minimum absolute atomic E-state index is 0. The Kier molecular flexibility index (Phi) is 7.86. The average molecular weight is 267 g/mol. The molecule has 0 radical (unpaired) electrons. The molecule has 1 heterocycles. The standard InChI is InChI=1S/C10H11O2.BrH.Mg/c1-2-5-9(6-3-1)10-11-7-4-8-12-10;;/h2-3,5-6,10H,4,7-8H2;1H;/q-1;;+2/p-1. The van der Waals surface area contributed by atoms with Crippen molar-refractivity contribution < 1.29 is 26.5 Å². The maximum absolute atomic E-state index is 5.43. The Morgan fingerprint density at radius 1 is 1.14 bits per heavy atom. The van der Waals surface area contributed by atoms with Crippen LogP contribution in [0.1, 0.15) is 18.3 Å². The van der Waals surface area contributed by atoms with Crippen LogP contribution >= 0.6 is 0 Å². The third-order valence-electron chi connectivity index (χ3n) is 1.84. The van der Waals surface area contributed by atoms with Crippen LogP contribution < -0.4 is 17.0 Å². The van der Waals surface area contributed by atoms with Crippen LogP contribution in [0.4, 0.5) is 0 Å². The first kappa shape index (κ1) is 14.4. The summed E-state index contributed by atoms with van der Waals surface area (Å²) in [6.45, 7) is 1.59. The van der Waals surface area contributed by atoms with Crippen LogP contribution in [-0.2, 0) is 9.47 Å². The summed E-state index contributed by atoms with van der Waals surface area (Å²) in [5, 5.41) is 0. The zero-order valence-corrected chi connectivity index (χ0v) is 10.9. The number of halogens is 1. The molecule has 14 heavy (non-hydrogen) atoms. The molecule has 0 N–H and O–H groups in total. The van der Waals surface area contributed by atoms with E-state index in [0.717, 1.165) is 25.2 Å². The molecule has 0 aromatic heterocycles. The van der Waals surface area contributed by atoms with Crippen molar-refractivity contribution in [2.24, 2.45) is 0 Å². The largest absolute Gasteiger partial charge is 2.00 e. The second kappa shape index (κ2) is 7.65. The van der Waals surface area contributed by atoms with Crippen molar-refractivity contribution in [1.29, 1.82) is 0 Å². The summed E-state index contributed by atoms with van der Waals surface area (Å²) in [5.74, 6) is 0. The summed E-state index contributed by atoms with van der Waals surface area (Å²) >= 11 is 0. The monoisotopic (exact) mass is 266 g/mol. The van der Waals surface area contributed by atoms with Gasteiger partial charge in [0, 0.05) is 0 Å². The molecule has 1 aliphatic heterocycles. The Morgan fingerprint density at radius 3 is 2.29 bits per heavy atom. The van der Waals surface area contributed by atoms with Crippen molar-refractivity contribution in [1.82, 2.24) is 0 Å². The van der Waals surface area contributed by atoms with Crippen LogP contribution in [0.15, 0.2) is 24.3 Å². The predicted octanol–water partition coefficient (Wildman–Crippen LogP) is -1.45. The van der Waals surface area contributed by atoms with Gasteiger partial charge >= 0.3 is 23.1 Å². The van der Waals surface area contributed by atoms with Crippen molar-refractivity contribution in [2.75, 3.05) is 13.2 Å². The molecule has 0 unspecified atom stereocenters. The molecule has 72 valence electrons. The minimum atomic E-state index is -0.159. The van der Waals surface area contributed by atoms with Crippen LogP contribution in [0.5, 0.6) is 0 Å². The SMILES string of the molecule is [Br-].[Mg+2].[c-]1ccc(C2OCCCO2)cc1. The van der Waals surface area contributed by atoms with E-state index in [9.17, 15) is 0 Å². The van der Waals surface area contributed by atoms with E-state index in [0.29, 0.717) is 0 Å². The summed E-state index contributed by atoms with van der Waals surface area (Å²) in [4.78, 5) is 0. The zero-order valence-electron chi connectivity index (χ0n) is 7.91. The fourth-order valence-electron chi connectivity index (χ4n) is 1.24. The molecule has 1 aliphatic rings. The van der Waals surface area contributed by atoms with E-state index in [4.69, 9.17) is 9.47 Å². The molecule has 0 aliphatic carbocycles.